The van der Waals surface area contributed by atoms with Gasteiger partial charge in [-0.1, -0.05) is 20.8 Å². The van der Waals surface area contributed by atoms with Crippen molar-refractivity contribution in [3.8, 4) is 12.0 Å². The van der Waals surface area contributed by atoms with E-state index in [4.69, 9.17) is 9.47 Å². The molecule has 1 aromatic heterocycles. The third kappa shape index (κ3) is 5.59. The Kier molecular flexibility index (Phi) is 6.48. The minimum absolute atomic E-state index is 0.302. The standard InChI is InChI=1S/C14H26N4O2/c1-6-9-15-11-16-12(19-10-7-2)18-13(17-11)20-14(4,5)8-3/h6-10H2,1-5H3,(H,15,16,17,18). The van der Waals surface area contributed by atoms with Gasteiger partial charge in [-0.3, -0.25) is 0 Å². The highest BCUT2D eigenvalue weighted by atomic mass is 16.5. The molecule has 0 fully saturated rings. The van der Waals surface area contributed by atoms with Crippen LogP contribution < -0.4 is 14.8 Å². The van der Waals surface area contributed by atoms with E-state index in [1.54, 1.807) is 0 Å². The average molecular weight is 282 g/mol. The molecule has 6 nitrogen and oxygen atoms in total. The molecule has 0 bridgehead atoms. The van der Waals surface area contributed by atoms with Crippen LogP contribution in [0.2, 0.25) is 0 Å². The summed E-state index contributed by atoms with van der Waals surface area (Å²) in [6, 6.07) is 0.610. The number of ether oxygens (including phenoxy) is 2. The van der Waals surface area contributed by atoms with Crippen LogP contribution in [0.15, 0.2) is 0 Å². The molecule has 1 heterocycles. The van der Waals surface area contributed by atoms with E-state index in [-0.39, 0.29) is 5.60 Å². The number of nitrogens with one attached hydrogen (secondary N) is 1. The Hall–Kier alpha value is -1.59. The molecule has 114 valence electrons. The topological polar surface area (TPSA) is 69.2 Å². The Labute approximate surface area is 121 Å². The molecular formula is C14H26N4O2. The highest BCUT2D eigenvalue weighted by Gasteiger charge is 2.20. The van der Waals surface area contributed by atoms with Crippen LogP contribution in [0.3, 0.4) is 0 Å². The molecule has 0 aromatic carbocycles. The summed E-state index contributed by atoms with van der Waals surface area (Å²) in [5.41, 5.74) is -0.314. The summed E-state index contributed by atoms with van der Waals surface area (Å²) in [5, 5.41) is 3.13. The van der Waals surface area contributed by atoms with Crippen molar-refractivity contribution in [3.63, 3.8) is 0 Å². The van der Waals surface area contributed by atoms with E-state index in [1.807, 2.05) is 20.8 Å². The zero-order valence-corrected chi connectivity index (χ0v) is 13.2. The van der Waals surface area contributed by atoms with Crippen molar-refractivity contribution in [3.05, 3.63) is 0 Å². The van der Waals surface area contributed by atoms with E-state index in [2.05, 4.69) is 34.1 Å². The van der Waals surface area contributed by atoms with Crippen molar-refractivity contribution in [1.29, 1.82) is 0 Å². The Bertz CT molecular complexity index is 384. The molecular weight excluding hydrogens is 256 g/mol. The molecule has 0 aliphatic heterocycles. The summed E-state index contributed by atoms with van der Waals surface area (Å²) in [6.07, 6.45) is 2.76. The van der Waals surface area contributed by atoms with Crippen LogP contribution in [0, 0.1) is 0 Å². The molecule has 0 saturated carbocycles. The number of nitrogens with zero attached hydrogens (tertiary/aromatic N) is 3. The largest absolute Gasteiger partial charge is 0.463 e. The van der Waals surface area contributed by atoms with E-state index in [0.29, 0.717) is 24.6 Å². The van der Waals surface area contributed by atoms with Crippen molar-refractivity contribution in [2.24, 2.45) is 0 Å². The summed E-state index contributed by atoms with van der Waals surface area (Å²) in [4.78, 5) is 12.7. The van der Waals surface area contributed by atoms with Crippen molar-refractivity contribution >= 4 is 5.95 Å². The van der Waals surface area contributed by atoms with Crippen molar-refractivity contribution in [2.45, 2.75) is 59.5 Å². The molecule has 1 aromatic rings. The Balaban J connectivity index is 2.90. The lowest BCUT2D eigenvalue weighted by molar-refractivity contribution is 0.0906. The van der Waals surface area contributed by atoms with Crippen molar-refractivity contribution in [1.82, 2.24) is 15.0 Å². The van der Waals surface area contributed by atoms with Gasteiger partial charge in [-0.2, -0.15) is 9.97 Å². The second kappa shape index (κ2) is 7.87. The van der Waals surface area contributed by atoms with Gasteiger partial charge in [-0.05, 0) is 33.1 Å². The van der Waals surface area contributed by atoms with Crippen molar-refractivity contribution in [2.75, 3.05) is 18.5 Å². The normalized spacial score (nSPS) is 11.2. The Morgan fingerprint density at radius 3 is 2.30 bits per heavy atom. The number of rotatable bonds is 9. The second-order valence-corrected chi connectivity index (χ2v) is 5.21. The fourth-order valence-corrected chi connectivity index (χ4v) is 1.28. The Morgan fingerprint density at radius 2 is 1.70 bits per heavy atom. The maximum atomic E-state index is 5.81. The van der Waals surface area contributed by atoms with Crippen LogP contribution in [-0.2, 0) is 0 Å². The predicted octanol–water partition coefficient (Wildman–Crippen LogP) is 3.05. The van der Waals surface area contributed by atoms with Gasteiger partial charge in [0, 0.05) is 6.54 Å². The first-order valence-corrected chi connectivity index (χ1v) is 7.32. The van der Waals surface area contributed by atoms with Crippen LogP contribution >= 0.6 is 0 Å². The minimum Gasteiger partial charge on any atom is -0.463 e. The van der Waals surface area contributed by atoms with Gasteiger partial charge in [0.05, 0.1) is 6.61 Å². The first-order valence-electron chi connectivity index (χ1n) is 7.32. The monoisotopic (exact) mass is 282 g/mol. The van der Waals surface area contributed by atoms with Gasteiger partial charge in [0.15, 0.2) is 0 Å². The van der Waals surface area contributed by atoms with Crippen LogP contribution in [0.25, 0.3) is 0 Å². The lowest BCUT2D eigenvalue weighted by Gasteiger charge is -2.23. The van der Waals surface area contributed by atoms with E-state index in [9.17, 15) is 0 Å². The Morgan fingerprint density at radius 1 is 1.00 bits per heavy atom. The third-order valence-electron chi connectivity index (χ3n) is 2.78. The van der Waals surface area contributed by atoms with Gasteiger partial charge in [-0.25, -0.2) is 0 Å². The number of hydrogen-bond acceptors (Lipinski definition) is 6. The van der Waals surface area contributed by atoms with Crippen molar-refractivity contribution < 1.29 is 9.47 Å². The van der Waals surface area contributed by atoms with E-state index in [1.165, 1.54) is 0 Å². The smallest absolute Gasteiger partial charge is 0.324 e. The first-order chi connectivity index (χ1) is 9.50. The van der Waals surface area contributed by atoms with Crippen LogP contribution in [0.5, 0.6) is 12.0 Å². The van der Waals surface area contributed by atoms with Gasteiger partial charge in [0.2, 0.25) is 5.95 Å². The van der Waals surface area contributed by atoms with Gasteiger partial charge in [-0.15, -0.1) is 4.98 Å². The average Bonchev–Trinajstić information content (AvgIpc) is 2.42. The zero-order valence-electron chi connectivity index (χ0n) is 13.2. The van der Waals surface area contributed by atoms with E-state index >= 15 is 0 Å². The molecule has 0 amide bonds. The summed E-state index contributed by atoms with van der Waals surface area (Å²) in [6.45, 7) is 11.6. The maximum absolute atomic E-state index is 5.81. The summed E-state index contributed by atoms with van der Waals surface area (Å²) >= 11 is 0. The number of anilines is 1. The predicted molar refractivity (Wildman–Crippen MR) is 79.4 cm³/mol. The molecule has 0 aliphatic rings. The van der Waals surface area contributed by atoms with Gasteiger partial charge in [0.1, 0.15) is 5.60 Å². The zero-order chi connectivity index (χ0) is 15.0. The number of aromatic nitrogens is 3. The molecule has 0 atom stereocenters. The lowest BCUT2D eigenvalue weighted by Crippen LogP contribution is -2.28. The quantitative estimate of drug-likeness (QED) is 0.750. The molecule has 0 saturated heterocycles. The fourth-order valence-electron chi connectivity index (χ4n) is 1.28. The molecule has 0 unspecified atom stereocenters. The van der Waals surface area contributed by atoms with Crippen LogP contribution in [-0.4, -0.2) is 33.7 Å². The SMILES string of the molecule is CCCNc1nc(OCCC)nc(OC(C)(C)CC)n1. The van der Waals surface area contributed by atoms with Crippen LogP contribution in [0.4, 0.5) is 5.95 Å². The second-order valence-electron chi connectivity index (χ2n) is 5.21. The molecule has 6 heteroatoms. The molecule has 0 radical (unpaired) electrons. The third-order valence-corrected chi connectivity index (χ3v) is 2.78. The molecule has 0 spiro atoms. The van der Waals surface area contributed by atoms with Gasteiger partial charge in [0.25, 0.3) is 0 Å². The van der Waals surface area contributed by atoms with Crippen LogP contribution in [0.1, 0.15) is 53.9 Å². The minimum atomic E-state index is -0.314. The molecule has 1 rings (SSSR count). The van der Waals surface area contributed by atoms with Gasteiger partial charge < -0.3 is 14.8 Å². The lowest BCUT2D eigenvalue weighted by atomic mass is 10.1. The van der Waals surface area contributed by atoms with E-state index in [0.717, 1.165) is 25.8 Å². The van der Waals surface area contributed by atoms with Gasteiger partial charge >= 0.3 is 12.0 Å². The molecule has 1 N–H and O–H groups in total. The number of hydrogen-bond donors (Lipinski definition) is 1. The fraction of sp³-hybridized carbons (Fsp3) is 0.786. The molecule has 20 heavy (non-hydrogen) atoms. The highest BCUT2D eigenvalue weighted by molar-refractivity contribution is 5.27. The molecule has 0 aliphatic carbocycles. The summed E-state index contributed by atoms with van der Waals surface area (Å²) < 4.78 is 11.3. The maximum Gasteiger partial charge on any atom is 0.324 e. The first kappa shape index (κ1) is 16.5. The summed E-state index contributed by atoms with van der Waals surface area (Å²) in [7, 11) is 0. The van der Waals surface area contributed by atoms with E-state index < -0.39 is 0 Å². The highest BCUT2D eigenvalue weighted by Crippen LogP contribution is 2.20. The summed E-state index contributed by atoms with van der Waals surface area (Å²) in [5.74, 6) is 0.495.